The Hall–Kier alpha value is -2.54. The maximum Gasteiger partial charge on any atom is 0.244 e. The van der Waals surface area contributed by atoms with Crippen molar-refractivity contribution in [3.63, 3.8) is 0 Å². The third-order valence-electron chi connectivity index (χ3n) is 6.17. The van der Waals surface area contributed by atoms with Gasteiger partial charge in [-0.05, 0) is 43.4 Å². The van der Waals surface area contributed by atoms with Crippen LogP contribution in [0, 0.1) is 0 Å². The lowest BCUT2D eigenvalue weighted by atomic mass is 10.00. The predicted octanol–water partition coefficient (Wildman–Crippen LogP) is 3.19. The van der Waals surface area contributed by atoms with Crippen LogP contribution in [0.1, 0.15) is 32.6 Å². The van der Waals surface area contributed by atoms with Crippen molar-refractivity contribution in [3.8, 4) is 16.9 Å². The average molecular weight is 413 g/mol. The van der Waals surface area contributed by atoms with Crippen LogP contribution in [0.4, 0.5) is 5.82 Å². The summed E-state index contributed by atoms with van der Waals surface area (Å²) < 4.78 is 12.6. The minimum Gasteiger partial charge on any atom is -0.497 e. The Morgan fingerprint density at radius 2 is 1.93 bits per heavy atom. The number of anilines is 1. The number of morpholine rings is 1. The summed E-state index contributed by atoms with van der Waals surface area (Å²) in [5.74, 6) is 1.91. The summed E-state index contributed by atoms with van der Waals surface area (Å²) >= 11 is 0. The fourth-order valence-electron chi connectivity index (χ4n) is 4.46. The molecule has 2 aliphatic rings. The van der Waals surface area contributed by atoms with Gasteiger partial charge in [0, 0.05) is 37.4 Å². The van der Waals surface area contributed by atoms with Crippen molar-refractivity contribution >= 4 is 11.7 Å². The Balaban J connectivity index is 1.60. The van der Waals surface area contributed by atoms with Crippen molar-refractivity contribution < 1.29 is 14.3 Å². The summed E-state index contributed by atoms with van der Waals surface area (Å²) in [6, 6.07) is 8.37. The van der Waals surface area contributed by atoms with Gasteiger partial charge >= 0.3 is 0 Å². The van der Waals surface area contributed by atoms with Gasteiger partial charge in [-0.3, -0.25) is 9.48 Å². The first-order valence-electron chi connectivity index (χ1n) is 11.0. The van der Waals surface area contributed by atoms with Crippen LogP contribution in [0.3, 0.4) is 0 Å². The van der Waals surface area contributed by atoms with E-state index in [0.717, 1.165) is 61.6 Å². The first-order chi connectivity index (χ1) is 14.7. The summed E-state index contributed by atoms with van der Waals surface area (Å²) in [5.41, 5.74) is 2.11. The van der Waals surface area contributed by atoms with E-state index in [4.69, 9.17) is 14.6 Å². The van der Waals surface area contributed by atoms with E-state index in [1.165, 1.54) is 6.42 Å². The lowest BCUT2D eigenvalue weighted by molar-refractivity contribution is -0.135. The zero-order chi connectivity index (χ0) is 20.9. The molecule has 0 spiro atoms. The van der Waals surface area contributed by atoms with Crippen molar-refractivity contribution in [2.24, 2.45) is 0 Å². The maximum absolute atomic E-state index is 13.1. The van der Waals surface area contributed by atoms with Crippen LogP contribution in [0.5, 0.6) is 5.75 Å². The highest BCUT2D eigenvalue weighted by molar-refractivity contribution is 5.79. The predicted molar refractivity (Wildman–Crippen MR) is 117 cm³/mol. The van der Waals surface area contributed by atoms with Crippen LogP contribution in [0.15, 0.2) is 30.5 Å². The van der Waals surface area contributed by atoms with Gasteiger partial charge in [0.05, 0.1) is 20.3 Å². The molecule has 0 saturated carbocycles. The first-order valence-corrected chi connectivity index (χ1v) is 11.0. The Bertz CT molecular complexity index is 843. The Morgan fingerprint density at radius 1 is 1.17 bits per heavy atom. The fourth-order valence-corrected chi connectivity index (χ4v) is 4.46. The van der Waals surface area contributed by atoms with Gasteiger partial charge in [0.2, 0.25) is 5.91 Å². The van der Waals surface area contributed by atoms with Gasteiger partial charge in [-0.25, -0.2) is 0 Å². The standard InChI is InChI=1S/C23H32N4O3/c1-3-19-6-4-5-11-27(19)22(28)17-26-16-21(18-7-9-20(29-2)10-8-18)23(24-26)25-12-14-30-15-13-25/h7-10,16,19H,3-6,11-15,17H2,1-2H3/t19-/m0/s1. The number of hydrogen-bond donors (Lipinski definition) is 0. The number of amides is 1. The number of piperidine rings is 1. The molecule has 2 fully saturated rings. The molecule has 1 aromatic heterocycles. The number of rotatable bonds is 6. The molecule has 2 aliphatic heterocycles. The van der Waals surface area contributed by atoms with Crippen LogP contribution in [0.25, 0.3) is 11.1 Å². The molecular formula is C23H32N4O3. The van der Waals surface area contributed by atoms with Gasteiger partial charge in [-0.2, -0.15) is 5.10 Å². The average Bonchev–Trinajstić information content (AvgIpc) is 3.23. The maximum atomic E-state index is 13.1. The Kier molecular flexibility index (Phi) is 6.57. The van der Waals surface area contributed by atoms with Crippen molar-refractivity contribution in [2.45, 2.75) is 45.2 Å². The fraction of sp³-hybridized carbons (Fsp3) is 0.565. The van der Waals surface area contributed by atoms with Crippen molar-refractivity contribution in [1.82, 2.24) is 14.7 Å². The quantitative estimate of drug-likeness (QED) is 0.729. The normalized spacial score (nSPS) is 19.7. The molecule has 2 aromatic rings. The number of likely N-dealkylation sites (tertiary alicyclic amines) is 1. The molecule has 1 aromatic carbocycles. The van der Waals surface area contributed by atoms with E-state index in [1.54, 1.807) is 7.11 Å². The molecule has 7 heteroatoms. The van der Waals surface area contributed by atoms with Gasteiger partial charge in [-0.15, -0.1) is 0 Å². The van der Waals surface area contributed by atoms with Crippen LogP contribution >= 0.6 is 0 Å². The molecule has 162 valence electrons. The number of nitrogens with zero attached hydrogens (tertiary/aromatic N) is 4. The molecule has 0 bridgehead atoms. The number of carbonyl (C=O) groups is 1. The number of carbonyl (C=O) groups excluding carboxylic acids is 1. The monoisotopic (exact) mass is 412 g/mol. The molecule has 0 unspecified atom stereocenters. The zero-order valence-corrected chi connectivity index (χ0v) is 18.0. The highest BCUT2D eigenvalue weighted by atomic mass is 16.5. The molecule has 30 heavy (non-hydrogen) atoms. The van der Waals surface area contributed by atoms with Crippen LogP contribution in [-0.4, -0.2) is 66.6 Å². The van der Waals surface area contributed by atoms with Crippen LogP contribution in [0.2, 0.25) is 0 Å². The third kappa shape index (κ3) is 4.46. The second-order valence-electron chi connectivity index (χ2n) is 8.04. The van der Waals surface area contributed by atoms with Gasteiger partial charge in [-0.1, -0.05) is 19.1 Å². The minimum absolute atomic E-state index is 0.166. The summed E-state index contributed by atoms with van der Waals surface area (Å²) in [5, 5.41) is 4.85. The summed E-state index contributed by atoms with van der Waals surface area (Å²) in [6.07, 6.45) is 6.44. The van der Waals surface area contributed by atoms with Crippen LogP contribution in [-0.2, 0) is 16.1 Å². The van der Waals surface area contributed by atoms with Crippen molar-refractivity contribution in [3.05, 3.63) is 30.5 Å². The number of ether oxygens (including phenoxy) is 2. The lowest BCUT2D eigenvalue weighted by Gasteiger charge is -2.35. The molecule has 1 atom stereocenters. The Labute approximate surface area is 178 Å². The number of methoxy groups -OCH3 is 1. The molecular weight excluding hydrogens is 380 g/mol. The lowest BCUT2D eigenvalue weighted by Crippen LogP contribution is -2.44. The summed E-state index contributed by atoms with van der Waals surface area (Å²) in [7, 11) is 1.67. The number of hydrogen-bond acceptors (Lipinski definition) is 5. The molecule has 0 N–H and O–H groups in total. The van der Waals surface area contributed by atoms with Gasteiger partial charge in [0.25, 0.3) is 0 Å². The van der Waals surface area contributed by atoms with Gasteiger partial charge in [0.15, 0.2) is 5.82 Å². The molecule has 7 nitrogen and oxygen atoms in total. The van der Waals surface area contributed by atoms with Crippen molar-refractivity contribution in [2.75, 3.05) is 44.9 Å². The molecule has 1 amide bonds. The smallest absolute Gasteiger partial charge is 0.244 e. The van der Waals surface area contributed by atoms with E-state index in [9.17, 15) is 4.79 Å². The van der Waals surface area contributed by atoms with Gasteiger partial charge in [0.1, 0.15) is 12.3 Å². The summed E-state index contributed by atoms with van der Waals surface area (Å²) in [6.45, 7) is 6.31. The van der Waals surface area contributed by atoms with E-state index >= 15 is 0 Å². The van der Waals surface area contributed by atoms with E-state index < -0.39 is 0 Å². The van der Waals surface area contributed by atoms with E-state index in [-0.39, 0.29) is 12.5 Å². The Morgan fingerprint density at radius 3 is 2.63 bits per heavy atom. The molecule has 2 saturated heterocycles. The SMILES string of the molecule is CC[C@H]1CCCCN1C(=O)Cn1cc(-c2ccc(OC)cc2)c(N2CCOCC2)n1. The molecule has 0 radical (unpaired) electrons. The van der Waals surface area contributed by atoms with Crippen LogP contribution < -0.4 is 9.64 Å². The topological polar surface area (TPSA) is 59.8 Å². The molecule has 3 heterocycles. The minimum atomic E-state index is 0.166. The zero-order valence-electron chi connectivity index (χ0n) is 18.0. The molecule has 0 aliphatic carbocycles. The molecule has 4 rings (SSSR count). The largest absolute Gasteiger partial charge is 0.497 e. The highest BCUT2D eigenvalue weighted by Gasteiger charge is 2.26. The second kappa shape index (κ2) is 9.51. The highest BCUT2D eigenvalue weighted by Crippen LogP contribution is 2.31. The van der Waals surface area contributed by atoms with E-state index in [1.807, 2.05) is 35.1 Å². The third-order valence-corrected chi connectivity index (χ3v) is 6.17. The summed E-state index contributed by atoms with van der Waals surface area (Å²) in [4.78, 5) is 17.4. The first kappa shape index (κ1) is 20.7. The van der Waals surface area contributed by atoms with E-state index in [0.29, 0.717) is 19.3 Å². The van der Waals surface area contributed by atoms with Crippen molar-refractivity contribution in [1.29, 1.82) is 0 Å². The number of aromatic nitrogens is 2. The number of benzene rings is 1. The van der Waals surface area contributed by atoms with Gasteiger partial charge < -0.3 is 19.3 Å². The second-order valence-corrected chi connectivity index (χ2v) is 8.04. The van der Waals surface area contributed by atoms with E-state index in [2.05, 4.69) is 16.7 Å².